The van der Waals surface area contributed by atoms with Crippen molar-refractivity contribution in [2.45, 2.75) is 87.2 Å². The predicted octanol–water partition coefficient (Wildman–Crippen LogP) is 6.09. The van der Waals surface area contributed by atoms with Crippen molar-refractivity contribution in [3.05, 3.63) is 0 Å². The average molecular weight is 288 g/mol. The van der Waals surface area contributed by atoms with Crippen molar-refractivity contribution < 1.29 is 4.52 Å². The fourth-order valence-corrected chi connectivity index (χ4v) is 3.33. The van der Waals surface area contributed by atoms with Gasteiger partial charge >= 0.3 is 0 Å². The van der Waals surface area contributed by atoms with E-state index in [0.717, 1.165) is 5.92 Å². The molecule has 1 nitrogen and oxygen atoms in total. The van der Waals surface area contributed by atoms with Gasteiger partial charge in [-0.2, -0.15) is 0 Å². The van der Waals surface area contributed by atoms with E-state index in [9.17, 15) is 0 Å². The summed E-state index contributed by atoms with van der Waals surface area (Å²) in [6.07, 6.45) is 5.53. The predicted molar refractivity (Wildman–Crippen MR) is 90.3 cm³/mol. The molecule has 0 aromatic carbocycles. The fraction of sp³-hybridized carbons (Fsp3) is 1.00. The van der Waals surface area contributed by atoms with Gasteiger partial charge in [0, 0.05) is 9.47 Å². The van der Waals surface area contributed by atoms with Crippen molar-refractivity contribution in [2.24, 2.45) is 22.7 Å². The molecular formula is C17H37OP. The van der Waals surface area contributed by atoms with Gasteiger partial charge in [0.25, 0.3) is 0 Å². The Kier molecular flexibility index (Phi) is 8.15. The Hall–Kier alpha value is 0.390. The molecule has 1 aliphatic rings. The minimum atomic E-state index is 0.352. The highest BCUT2D eigenvalue weighted by molar-refractivity contribution is 7.09. The van der Waals surface area contributed by atoms with E-state index in [1.165, 1.54) is 25.7 Å². The maximum absolute atomic E-state index is 5.61. The summed E-state index contributed by atoms with van der Waals surface area (Å²) >= 11 is 0. The van der Waals surface area contributed by atoms with Gasteiger partial charge in [0.1, 0.15) is 0 Å². The quantitative estimate of drug-likeness (QED) is 0.531. The maximum Gasteiger partial charge on any atom is 0.0644 e. The van der Waals surface area contributed by atoms with E-state index < -0.39 is 0 Å². The zero-order chi connectivity index (χ0) is 15.3. The normalized spacial score (nSPS) is 28.6. The van der Waals surface area contributed by atoms with Gasteiger partial charge in [-0.05, 0) is 41.9 Å². The van der Waals surface area contributed by atoms with Gasteiger partial charge in [-0.15, -0.1) is 0 Å². The molecule has 0 N–H and O–H groups in total. The molecule has 1 fully saturated rings. The fourth-order valence-electron chi connectivity index (χ4n) is 3.00. The van der Waals surface area contributed by atoms with Crippen LogP contribution in [0.3, 0.4) is 0 Å². The molecule has 4 unspecified atom stereocenters. The first-order valence-corrected chi connectivity index (χ1v) is 8.40. The molecule has 1 rings (SSSR count). The summed E-state index contributed by atoms with van der Waals surface area (Å²) in [6, 6.07) is 0. The van der Waals surface area contributed by atoms with E-state index in [4.69, 9.17) is 4.52 Å². The topological polar surface area (TPSA) is 9.23 Å². The highest BCUT2D eigenvalue weighted by Crippen LogP contribution is 2.47. The van der Waals surface area contributed by atoms with Crippen molar-refractivity contribution >= 4 is 9.47 Å². The lowest BCUT2D eigenvalue weighted by molar-refractivity contribution is -0.00656. The molecule has 0 aromatic heterocycles. The molecule has 19 heavy (non-hydrogen) atoms. The van der Waals surface area contributed by atoms with E-state index in [1.807, 2.05) is 0 Å². The summed E-state index contributed by atoms with van der Waals surface area (Å²) in [5.41, 5.74) is 0.792. The van der Waals surface area contributed by atoms with Crippen LogP contribution in [-0.2, 0) is 4.52 Å². The van der Waals surface area contributed by atoms with Crippen LogP contribution in [0.5, 0.6) is 0 Å². The van der Waals surface area contributed by atoms with Crippen LogP contribution < -0.4 is 0 Å². The van der Waals surface area contributed by atoms with E-state index >= 15 is 0 Å². The molecule has 0 aliphatic heterocycles. The minimum absolute atomic E-state index is 0.352. The zero-order valence-corrected chi connectivity index (χ0v) is 15.7. The van der Waals surface area contributed by atoms with Gasteiger partial charge < -0.3 is 4.52 Å². The Morgan fingerprint density at radius 3 is 1.74 bits per heavy atom. The van der Waals surface area contributed by atoms with Crippen LogP contribution in [0.1, 0.15) is 81.1 Å². The molecule has 0 spiro atoms. The summed E-state index contributed by atoms with van der Waals surface area (Å²) in [7, 11) is 2.47. The van der Waals surface area contributed by atoms with Gasteiger partial charge in [0.05, 0.1) is 6.10 Å². The lowest BCUT2D eigenvalue weighted by Crippen LogP contribution is -2.41. The molecule has 0 heterocycles. The molecule has 0 amide bonds. The SMILES string of the molecule is CC(C)(C)C1CCC(OP)C(C(C)(C)C)C1.CCC. The molecular weight excluding hydrogens is 251 g/mol. The molecule has 116 valence electrons. The lowest BCUT2D eigenvalue weighted by Gasteiger charge is -2.46. The number of hydrogen-bond donors (Lipinski definition) is 0. The van der Waals surface area contributed by atoms with Gasteiger partial charge in [0.15, 0.2) is 0 Å². The maximum atomic E-state index is 5.61. The van der Waals surface area contributed by atoms with Crippen molar-refractivity contribution in [1.82, 2.24) is 0 Å². The van der Waals surface area contributed by atoms with Crippen LogP contribution in [0, 0.1) is 22.7 Å². The Morgan fingerprint density at radius 1 is 0.947 bits per heavy atom. The molecule has 0 saturated heterocycles. The molecule has 0 radical (unpaired) electrons. The summed E-state index contributed by atoms with van der Waals surface area (Å²) in [5.74, 6) is 1.52. The standard InChI is InChI=1S/C14H29OP.C3H8/c1-13(2,3)10-7-8-12(15-16)11(9-10)14(4,5)6;1-3-2/h10-12H,7-9,16H2,1-6H3;3H2,1-2H3. The smallest absolute Gasteiger partial charge is 0.0644 e. The van der Waals surface area contributed by atoms with Crippen molar-refractivity contribution in [2.75, 3.05) is 0 Å². The molecule has 2 heteroatoms. The first-order chi connectivity index (χ1) is 8.57. The second-order valence-corrected chi connectivity index (χ2v) is 8.50. The second kappa shape index (κ2) is 7.99. The minimum Gasteiger partial charge on any atom is -0.362 e. The monoisotopic (exact) mass is 288 g/mol. The Morgan fingerprint density at radius 2 is 1.42 bits per heavy atom. The van der Waals surface area contributed by atoms with Gasteiger partial charge in [0.2, 0.25) is 0 Å². The van der Waals surface area contributed by atoms with Gasteiger partial charge in [-0.25, -0.2) is 0 Å². The highest BCUT2D eigenvalue weighted by Gasteiger charge is 2.41. The molecule has 0 aromatic rings. The molecule has 1 aliphatic carbocycles. The van der Waals surface area contributed by atoms with Crippen LogP contribution in [-0.4, -0.2) is 6.10 Å². The van der Waals surface area contributed by atoms with Crippen LogP contribution in [0.4, 0.5) is 0 Å². The molecule has 4 atom stereocenters. The Balaban J connectivity index is 0.000000982. The Labute approximate surface area is 124 Å². The average Bonchev–Trinajstić information content (AvgIpc) is 2.27. The summed E-state index contributed by atoms with van der Waals surface area (Å²) in [6.45, 7) is 18.4. The van der Waals surface area contributed by atoms with Crippen LogP contribution in [0.2, 0.25) is 0 Å². The molecule has 1 saturated carbocycles. The second-order valence-electron chi connectivity index (χ2n) is 8.23. The van der Waals surface area contributed by atoms with E-state index in [1.54, 1.807) is 0 Å². The number of rotatable bonds is 1. The first-order valence-electron chi connectivity index (χ1n) is 7.93. The summed E-state index contributed by atoms with van der Waals surface area (Å²) in [4.78, 5) is 0. The largest absolute Gasteiger partial charge is 0.362 e. The molecule has 0 bridgehead atoms. The zero-order valence-electron chi connectivity index (χ0n) is 14.5. The van der Waals surface area contributed by atoms with E-state index in [-0.39, 0.29) is 0 Å². The number of hydrogen-bond acceptors (Lipinski definition) is 1. The summed E-state index contributed by atoms with van der Waals surface area (Å²) < 4.78 is 5.61. The van der Waals surface area contributed by atoms with Crippen LogP contribution >= 0.6 is 9.47 Å². The van der Waals surface area contributed by atoms with Crippen molar-refractivity contribution in [3.63, 3.8) is 0 Å². The Bertz CT molecular complexity index is 237. The third-order valence-electron chi connectivity index (χ3n) is 4.30. The van der Waals surface area contributed by atoms with Crippen LogP contribution in [0.25, 0.3) is 0 Å². The van der Waals surface area contributed by atoms with E-state index in [0.29, 0.717) is 22.9 Å². The highest BCUT2D eigenvalue weighted by atomic mass is 31.0. The lowest BCUT2D eigenvalue weighted by atomic mass is 9.62. The first kappa shape index (κ1) is 19.4. The van der Waals surface area contributed by atoms with Crippen LogP contribution in [0.15, 0.2) is 0 Å². The third kappa shape index (κ3) is 6.58. The van der Waals surface area contributed by atoms with Gasteiger partial charge in [-0.3, -0.25) is 0 Å². The van der Waals surface area contributed by atoms with E-state index in [2.05, 4.69) is 64.9 Å². The van der Waals surface area contributed by atoms with Crippen molar-refractivity contribution in [3.8, 4) is 0 Å². The van der Waals surface area contributed by atoms with Crippen molar-refractivity contribution in [1.29, 1.82) is 0 Å². The third-order valence-corrected chi connectivity index (χ3v) is 4.65. The van der Waals surface area contributed by atoms with Gasteiger partial charge in [-0.1, -0.05) is 61.8 Å². The summed E-state index contributed by atoms with van der Waals surface area (Å²) in [5, 5.41) is 0.